The number of benzene rings is 1. The lowest BCUT2D eigenvalue weighted by atomic mass is 10.0. The molecule has 2 aliphatic carbocycles. The zero-order valence-electron chi connectivity index (χ0n) is 8.92. The first kappa shape index (κ1) is 10.7. The maximum atomic E-state index is 13.5. The van der Waals surface area contributed by atoms with E-state index >= 15 is 0 Å². The first-order valence-electron chi connectivity index (χ1n) is 5.82. The third kappa shape index (κ3) is 1.37. The summed E-state index contributed by atoms with van der Waals surface area (Å²) in [4.78, 5) is 0. The van der Waals surface area contributed by atoms with Crippen LogP contribution in [0.25, 0.3) is 0 Å². The minimum atomic E-state index is -0.738. The predicted molar refractivity (Wildman–Crippen MR) is 63.4 cm³/mol. The van der Waals surface area contributed by atoms with Crippen LogP contribution in [0.3, 0.4) is 0 Å². The average molecular weight is 285 g/mol. The highest BCUT2D eigenvalue weighted by molar-refractivity contribution is 9.10. The van der Waals surface area contributed by atoms with Crippen LogP contribution in [-0.4, -0.2) is 5.11 Å². The maximum Gasteiger partial charge on any atom is 0.137 e. The quantitative estimate of drug-likeness (QED) is 0.836. The van der Waals surface area contributed by atoms with Gasteiger partial charge in [0.2, 0.25) is 0 Å². The summed E-state index contributed by atoms with van der Waals surface area (Å²) in [7, 11) is 0. The highest BCUT2D eigenvalue weighted by Gasteiger charge is 2.64. The van der Waals surface area contributed by atoms with Crippen LogP contribution in [-0.2, 0) is 5.60 Å². The third-order valence-corrected chi connectivity index (χ3v) is 4.81. The maximum absolute atomic E-state index is 13.5. The van der Waals surface area contributed by atoms with Crippen molar-refractivity contribution >= 4 is 15.9 Å². The van der Waals surface area contributed by atoms with E-state index in [1.165, 1.54) is 18.9 Å². The zero-order chi connectivity index (χ0) is 11.3. The number of fused-ring (bicyclic) bond motifs is 1. The Morgan fingerprint density at radius 3 is 2.44 bits per heavy atom. The fourth-order valence-corrected chi connectivity index (χ4v) is 3.51. The molecule has 0 radical (unpaired) electrons. The molecule has 3 rings (SSSR count). The van der Waals surface area contributed by atoms with Crippen LogP contribution in [0.15, 0.2) is 22.7 Å². The molecule has 0 amide bonds. The molecule has 1 aromatic rings. The number of hydrogen-bond donors (Lipinski definition) is 1. The Hall–Kier alpha value is -0.410. The zero-order valence-corrected chi connectivity index (χ0v) is 10.5. The van der Waals surface area contributed by atoms with Crippen molar-refractivity contribution in [2.45, 2.75) is 31.3 Å². The van der Waals surface area contributed by atoms with Gasteiger partial charge in [-0.2, -0.15) is 0 Å². The number of rotatable bonds is 1. The van der Waals surface area contributed by atoms with Crippen molar-refractivity contribution in [3.05, 3.63) is 34.1 Å². The summed E-state index contributed by atoms with van der Waals surface area (Å²) in [6.45, 7) is 0. The second-order valence-corrected chi connectivity index (χ2v) is 5.81. The molecule has 1 N–H and O–H groups in total. The van der Waals surface area contributed by atoms with E-state index in [2.05, 4.69) is 15.9 Å². The predicted octanol–water partition coefficient (Wildman–Crippen LogP) is 3.60. The van der Waals surface area contributed by atoms with Gasteiger partial charge in [-0.25, -0.2) is 4.39 Å². The second-order valence-electron chi connectivity index (χ2n) is 4.95. The Morgan fingerprint density at radius 2 is 1.88 bits per heavy atom. The number of hydrogen-bond acceptors (Lipinski definition) is 1. The summed E-state index contributed by atoms with van der Waals surface area (Å²) in [6.07, 6.45) is 4.56. The van der Waals surface area contributed by atoms with Crippen molar-refractivity contribution in [1.29, 1.82) is 0 Å². The molecule has 2 atom stereocenters. The van der Waals surface area contributed by atoms with Gasteiger partial charge in [0.15, 0.2) is 0 Å². The molecule has 86 valence electrons. The summed E-state index contributed by atoms with van der Waals surface area (Å²) in [6, 6.07) is 5.00. The van der Waals surface area contributed by atoms with Gasteiger partial charge in [-0.05, 0) is 58.3 Å². The second kappa shape index (κ2) is 3.54. The SMILES string of the molecule is OC1(c2ccc(Br)c(F)c2)C2CCCCC21. The van der Waals surface area contributed by atoms with Gasteiger partial charge in [0.05, 0.1) is 10.1 Å². The highest BCUT2D eigenvalue weighted by Crippen LogP contribution is 2.64. The van der Waals surface area contributed by atoms with Crippen LogP contribution >= 0.6 is 15.9 Å². The van der Waals surface area contributed by atoms with Crippen molar-refractivity contribution in [3.8, 4) is 0 Å². The van der Waals surface area contributed by atoms with Gasteiger partial charge in [-0.15, -0.1) is 0 Å². The molecule has 1 aromatic carbocycles. The van der Waals surface area contributed by atoms with E-state index in [0.29, 0.717) is 16.3 Å². The molecule has 2 fully saturated rings. The van der Waals surface area contributed by atoms with E-state index in [-0.39, 0.29) is 5.82 Å². The van der Waals surface area contributed by atoms with Crippen molar-refractivity contribution in [2.75, 3.05) is 0 Å². The monoisotopic (exact) mass is 284 g/mol. The fourth-order valence-electron chi connectivity index (χ4n) is 3.27. The Bertz CT molecular complexity index is 420. The molecule has 0 aromatic heterocycles. The molecule has 0 spiro atoms. The van der Waals surface area contributed by atoms with Gasteiger partial charge >= 0.3 is 0 Å². The summed E-state index contributed by atoms with van der Waals surface area (Å²) >= 11 is 3.14. The van der Waals surface area contributed by atoms with Gasteiger partial charge in [0, 0.05) is 0 Å². The average Bonchev–Trinajstić information content (AvgIpc) is 2.91. The van der Waals surface area contributed by atoms with Crippen LogP contribution in [0.4, 0.5) is 4.39 Å². The summed E-state index contributed by atoms with van der Waals surface area (Å²) < 4.78 is 13.9. The van der Waals surface area contributed by atoms with Gasteiger partial charge < -0.3 is 5.11 Å². The first-order chi connectivity index (χ1) is 7.64. The molecular weight excluding hydrogens is 271 g/mol. The Labute approximate surface area is 103 Å². The van der Waals surface area contributed by atoms with E-state index < -0.39 is 5.60 Å². The molecular formula is C13H14BrFO. The topological polar surface area (TPSA) is 20.2 Å². The molecule has 3 heteroatoms. The van der Waals surface area contributed by atoms with E-state index in [0.717, 1.165) is 18.4 Å². The standard InChI is InChI=1S/C13H14BrFO/c14-11-6-5-8(7-12(11)15)13(16)9-3-1-2-4-10(9)13/h5-7,9-10,16H,1-4H2. The van der Waals surface area contributed by atoms with Crippen molar-refractivity contribution < 1.29 is 9.50 Å². The minimum Gasteiger partial charge on any atom is -0.385 e. The molecule has 0 bridgehead atoms. The lowest BCUT2D eigenvalue weighted by Crippen LogP contribution is -2.10. The van der Waals surface area contributed by atoms with Crippen LogP contribution in [0, 0.1) is 17.7 Å². The van der Waals surface area contributed by atoms with Gasteiger partial charge in [0.25, 0.3) is 0 Å². The molecule has 0 aliphatic heterocycles. The van der Waals surface area contributed by atoms with Crippen LogP contribution in [0.2, 0.25) is 0 Å². The highest BCUT2D eigenvalue weighted by atomic mass is 79.9. The smallest absolute Gasteiger partial charge is 0.137 e. The van der Waals surface area contributed by atoms with Crippen molar-refractivity contribution in [3.63, 3.8) is 0 Å². The van der Waals surface area contributed by atoms with Crippen LogP contribution in [0.5, 0.6) is 0 Å². The Balaban J connectivity index is 1.95. The number of aliphatic hydroxyl groups is 1. The summed E-state index contributed by atoms with van der Waals surface area (Å²) in [5.74, 6) is 0.443. The van der Waals surface area contributed by atoms with E-state index in [9.17, 15) is 9.50 Å². The van der Waals surface area contributed by atoms with Gasteiger partial charge in [0.1, 0.15) is 5.82 Å². The third-order valence-electron chi connectivity index (χ3n) is 4.17. The molecule has 0 saturated heterocycles. The summed E-state index contributed by atoms with van der Waals surface area (Å²) in [5.41, 5.74) is 0.0167. The van der Waals surface area contributed by atoms with E-state index in [1.807, 2.05) is 6.07 Å². The van der Waals surface area contributed by atoms with Gasteiger partial charge in [-0.3, -0.25) is 0 Å². The minimum absolute atomic E-state index is 0.283. The van der Waals surface area contributed by atoms with Crippen LogP contribution < -0.4 is 0 Å². The van der Waals surface area contributed by atoms with E-state index in [1.54, 1.807) is 6.07 Å². The lowest BCUT2D eigenvalue weighted by molar-refractivity contribution is 0.117. The summed E-state index contributed by atoms with van der Waals surface area (Å²) in [5, 5.41) is 10.6. The van der Waals surface area contributed by atoms with Gasteiger partial charge in [-0.1, -0.05) is 18.9 Å². The molecule has 0 heterocycles. The van der Waals surface area contributed by atoms with E-state index in [4.69, 9.17) is 0 Å². The molecule has 2 aliphatic rings. The molecule has 2 saturated carbocycles. The van der Waals surface area contributed by atoms with Crippen molar-refractivity contribution in [2.24, 2.45) is 11.8 Å². The molecule has 2 unspecified atom stereocenters. The van der Waals surface area contributed by atoms with Crippen LogP contribution in [0.1, 0.15) is 31.2 Å². The molecule has 1 nitrogen and oxygen atoms in total. The first-order valence-corrected chi connectivity index (χ1v) is 6.61. The molecule has 16 heavy (non-hydrogen) atoms. The largest absolute Gasteiger partial charge is 0.385 e. The number of halogens is 2. The Kier molecular flexibility index (Phi) is 2.37. The lowest BCUT2D eigenvalue weighted by Gasteiger charge is -2.11. The van der Waals surface area contributed by atoms with Crippen molar-refractivity contribution in [1.82, 2.24) is 0 Å². The normalized spacial score (nSPS) is 36.9. The Morgan fingerprint density at radius 1 is 1.25 bits per heavy atom. The fraction of sp³-hybridized carbons (Fsp3) is 0.538.